The van der Waals surface area contributed by atoms with E-state index in [1.165, 1.54) is 0 Å². The van der Waals surface area contributed by atoms with Crippen molar-refractivity contribution in [2.45, 2.75) is 32.9 Å². The molecule has 1 aliphatic heterocycles. The molecule has 2 heterocycles. The summed E-state index contributed by atoms with van der Waals surface area (Å²) in [6.45, 7) is 8.33. The second-order valence-corrected chi connectivity index (χ2v) is 4.04. The van der Waals surface area contributed by atoms with Crippen LogP contribution in [-0.2, 0) is 0 Å². The lowest BCUT2D eigenvalue weighted by molar-refractivity contribution is 0.120. The molecule has 0 bridgehead atoms. The molecular formula is C9H16N4O. The van der Waals surface area contributed by atoms with Crippen molar-refractivity contribution in [2.24, 2.45) is 0 Å². The SMILES string of the molecule is Cc1noc(NC2CN(C(C)C)C2)n1. The Balaban J connectivity index is 1.79. The third-order valence-electron chi connectivity index (χ3n) is 2.50. The zero-order valence-electron chi connectivity index (χ0n) is 8.82. The number of rotatable bonds is 3. The van der Waals surface area contributed by atoms with Gasteiger partial charge in [-0.05, 0) is 20.8 Å². The van der Waals surface area contributed by atoms with E-state index in [0.29, 0.717) is 23.9 Å². The predicted octanol–water partition coefficient (Wildman–Crippen LogP) is 0.883. The molecule has 2 rings (SSSR count). The highest BCUT2D eigenvalue weighted by Crippen LogP contribution is 2.15. The Bertz CT molecular complexity index is 304. The largest absolute Gasteiger partial charge is 0.332 e. The molecule has 0 spiro atoms. The summed E-state index contributed by atoms with van der Waals surface area (Å²) in [5.41, 5.74) is 0. The average Bonchev–Trinajstić information content (AvgIpc) is 2.42. The van der Waals surface area contributed by atoms with Crippen LogP contribution in [0.2, 0.25) is 0 Å². The Morgan fingerprint density at radius 3 is 2.71 bits per heavy atom. The van der Waals surface area contributed by atoms with Gasteiger partial charge in [0, 0.05) is 19.1 Å². The molecule has 0 unspecified atom stereocenters. The second-order valence-electron chi connectivity index (χ2n) is 4.04. The minimum atomic E-state index is 0.456. The van der Waals surface area contributed by atoms with Crippen molar-refractivity contribution in [3.63, 3.8) is 0 Å². The highest BCUT2D eigenvalue weighted by Gasteiger charge is 2.29. The van der Waals surface area contributed by atoms with Gasteiger partial charge in [0.1, 0.15) is 0 Å². The number of nitrogens with zero attached hydrogens (tertiary/aromatic N) is 3. The number of nitrogens with one attached hydrogen (secondary N) is 1. The van der Waals surface area contributed by atoms with Crippen molar-refractivity contribution >= 4 is 6.01 Å². The molecule has 5 heteroatoms. The van der Waals surface area contributed by atoms with Crippen LogP contribution in [0.5, 0.6) is 0 Å². The van der Waals surface area contributed by atoms with Gasteiger partial charge in [-0.15, -0.1) is 0 Å². The van der Waals surface area contributed by atoms with Crippen LogP contribution < -0.4 is 5.32 Å². The molecule has 0 radical (unpaired) electrons. The Morgan fingerprint density at radius 2 is 2.21 bits per heavy atom. The van der Waals surface area contributed by atoms with Gasteiger partial charge in [-0.3, -0.25) is 4.90 Å². The van der Waals surface area contributed by atoms with Gasteiger partial charge in [0.15, 0.2) is 5.82 Å². The van der Waals surface area contributed by atoms with Crippen LogP contribution in [0.3, 0.4) is 0 Å². The second kappa shape index (κ2) is 3.57. The summed E-state index contributed by atoms with van der Waals surface area (Å²) in [6, 6.07) is 1.62. The molecule has 1 aromatic rings. The molecule has 14 heavy (non-hydrogen) atoms. The maximum Gasteiger partial charge on any atom is 0.321 e. The molecular weight excluding hydrogens is 180 g/mol. The smallest absolute Gasteiger partial charge is 0.321 e. The van der Waals surface area contributed by atoms with E-state index in [9.17, 15) is 0 Å². The van der Waals surface area contributed by atoms with Gasteiger partial charge in [-0.2, -0.15) is 4.98 Å². The summed E-state index contributed by atoms with van der Waals surface area (Å²) >= 11 is 0. The first-order valence-corrected chi connectivity index (χ1v) is 4.96. The topological polar surface area (TPSA) is 54.2 Å². The third-order valence-corrected chi connectivity index (χ3v) is 2.50. The Morgan fingerprint density at radius 1 is 1.50 bits per heavy atom. The van der Waals surface area contributed by atoms with E-state index in [1.807, 2.05) is 6.92 Å². The number of hydrogen-bond acceptors (Lipinski definition) is 5. The van der Waals surface area contributed by atoms with E-state index in [4.69, 9.17) is 4.52 Å². The van der Waals surface area contributed by atoms with Crippen molar-refractivity contribution in [3.8, 4) is 0 Å². The lowest BCUT2D eigenvalue weighted by Crippen LogP contribution is -2.57. The van der Waals surface area contributed by atoms with Crippen LogP contribution in [0.4, 0.5) is 6.01 Å². The first-order chi connectivity index (χ1) is 6.65. The standard InChI is InChI=1S/C9H16N4O/c1-6(2)13-4-8(5-13)11-9-10-7(3)12-14-9/h6,8H,4-5H2,1-3H3,(H,10,11,12). The molecule has 1 saturated heterocycles. The van der Waals surface area contributed by atoms with Gasteiger partial charge in [0.05, 0.1) is 6.04 Å². The van der Waals surface area contributed by atoms with E-state index < -0.39 is 0 Å². The Kier molecular flexibility index (Phi) is 2.41. The fourth-order valence-electron chi connectivity index (χ4n) is 1.56. The number of aromatic nitrogens is 2. The van der Waals surface area contributed by atoms with E-state index in [0.717, 1.165) is 13.1 Å². The fraction of sp³-hybridized carbons (Fsp3) is 0.778. The maximum absolute atomic E-state index is 4.98. The normalized spacial score (nSPS) is 18.6. The Labute approximate surface area is 83.5 Å². The Hall–Kier alpha value is -1.10. The van der Waals surface area contributed by atoms with Crippen LogP contribution in [0, 0.1) is 6.92 Å². The molecule has 0 aliphatic carbocycles. The molecule has 78 valence electrons. The van der Waals surface area contributed by atoms with E-state index >= 15 is 0 Å². The summed E-state index contributed by atoms with van der Waals surface area (Å²) in [5, 5.41) is 6.92. The molecule has 1 N–H and O–H groups in total. The van der Waals surface area contributed by atoms with E-state index in [2.05, 4.69) is 34.2 Å². The van der Waals surface area contributed by atoms with Gasteiger partial charge in [0.25, 0.3) is 0 Å². The van der Waals surface area contributed by atoms with Crippen LogP contribution in [0.1, 0.15) is 19.7 Å². The molecule has 1 aromatic heterocycles. The fourth-order valence-corrected chi connectivity index (χ4v) is 1.56. The van der Waals surface area contributed by atoms with Crippen LogP contribution in [0.25, 0.3) is 0 Å². The lowest BCUT2D eigenvalue weighted by Gasteiger charge is -2.41. The van der Waals surface area contributed by atoms with E-state index in [1.54, 1.807) is 0 Å². The van der Waals surface area contributed by atoms with Crippen molar-refractivity contribution in [1.82, 2.24) is 15.0 Å². The molecule has 1 fully saturated rings. The van der Waals surface area contributed by atoms with Crippen molar-refractivity contribution < 1.29 is 4.52 Å². The van der Waals surface area contributed by atoms with Gasteiger partial charge < -0.3 is 9.84 Å². The quantitative estimate of drug-likeness (QED) is 0.777. The number of likely N-dealkylation sites (tertiary alicyclic amines) is 1. The van der Waals surface area contributed by atoms with Crippen LogP contribution >= 0.6 is 0 Å². The maximum atomic E-state index is 4.98. The number of hydrogen-bond donors (Lipinski definition) is 1. The first-order valence-electron chi connectivity index (χ1n) is 4.96. The predicted molar refractivity (Wildman–Crippen MR) is 53.2 cm³/mol. The molecule has 1 aliphatic rings. The average molecular weight is 196 g/mol. The number of aryl methyl sites for hydroxylation is 1. The van der Waals surface area contributed by atoms with Crippen molar-refractivity contribution in [3.05, 3.63) is 5.82 Å². The van der Waals surface area contributed by atoms with Crippen LogP contribution in [0.15, 0.2) is 4.52 Å². The lowest BCUT2D eigenvalue weighted by atomic mass is 10.1. The van der Waals surface area contributed by atoms with Gasteiger partial charge in [-0.1, -0.05) is 5.16 Å². The summed E-state index contributed by atoms with van der Waals surface area (Å²) in [6.07, 6.45) is 0. The number of anilines is 1. The first kappa shape index (κ1) is 9.45. The minimum absolute atomic E-state index is 0.456. The van der Waals surface area contributed by atoms with Crippen molar-refractivity contribution in [1.29, 1.82) is 0 Å². The molecule has 0 aromatic carbocycles. The van der Waals surface area contributed by atoms with Gasteiger partial charge in [-0.25, -0.2) is 0 Å². The summed E-state index contributed by atoms with van der Waals surface area (Å²) in [7, 11) is 0. The summed E-state index contributed by atoms with van der Waals surface area (Å²) < 4.78 is 4.98. The van der Waals surface area contributed by atoms with Gasteiger partial charge >= 0.3 is 6.01 Å². The molecule has 5 nitrogen and oxygen atoms in total. The monoisotopic (exact) mass is 196 g/mol. The van der Waals surface area contributed by atoms with Crippen molar-refractivity contribution in [2.75, 3.05) is 18.4 Å². The molecule has 0 saturated carbocycles. The molecule has 0 amide bonds. The summed E-state index contributed by atoms with van der Waals surface area (Å²) in [5.74, 6) is 0.674. The summed E-state index contributed by atoms with van der Waals surface area (Å²) in [4.78, 5) is 6.48. The third kappa shape index (κ3) is 1.87. The highest BCUT2D eigenvalue weighted by atomic mass is 16.5. The zero-order valence-corrected chi connectivity index (χ0v) is 8.82. The minimum Gasteiger partial charge on any atom is -0.332 e. The van der Waals surface area contributed by atoms with E-state index in [-0.39, 0.29) is 0 Å². The van der Waals surface area contributed by atoms with Gasteiger partial charge in [0.2, 0.25) is 0 Å². The zero-order chi connectivity index (χ0) is 10.1. The molecule has 0 atom stereocenters. The van der Waals surface area contributed by atoms with Crippen LogP contribution in [-0.4, -0.2) is 40.2 Å². The highest BCUT2D eigenvalue weighted by molar-refractivity contribution is 5.22.